The molecule has 0 unspecified atom stereocenters. The van der Waals surface area contributed by atoms with E-state index in [0.29, 0.717) is 36.9 Å². The number of methoxy groups -OCH3 is 1. The van der Waals surface area contributed by atoms with Crippen LogP contribution >= 0.6 is 0 Å². The Bertz CT molecular complexity index is 2290. The highest BCUT2D eigenvalue weighted by molar-refractivity contribution is 6.02. The maximum absolute atomic E-state index is 17.5. The summed E-state index contributed by atoms with van der Waals surface area (Å²) >= 11 is 0. The van der Waals surface area contributed by atoms with E-state index in [1.807, 2.05) is 0 Å². The Morgan fingerprint density at radius 2 is 1.93 bits per heavy atom. The Balaban J connectivity index is 1.21. The number of aryl methyl sites for hydroxylation is 1. The molecule has 17 heteroatoms. The van der Waals surface area contributed by atoms with Gasteiger partial charge in [-0.1, -0.05) is 6.07 Å². The van der Waals surface area contributed by atoms with Gasteiger partial charge in [-0.2, -0.15) is 9.97 Å². The van der Waals surface area contributed by atoms with Gasteiger partial charge in [0.15, 0.2) is 5.82 Å². The topological polar surface area (TPSA) is 131 Å². The number of ether oxygens (including phenoxy) is 4. The van der Waals surface area contributed by atoms with E-state index in [2.05, 4.69) is 20.2 Å². The summed E-state index contributed by atoms with van der Waals surface area (Å²) in [5.74, 6) is -1.26. The van der Waals surface area contributed by atoms with Crippen LogP contribution in [0.2, 0.25) is 0 Å². The molecule has 0 saturated carbocycles. The van der Waals surface area contributed by atoms with Gasteiger partial charge in [-0.05, 0) is 80.1 Å². The van der Waals surface area contributed by atoms with E-state index in [4.69, 9.17) is 23.9 Å². The number of halogens is 4. The van der Waals surface area contributed by atoms with Crippen LogP contribution in [0.15, 0.2) is 30.5 Å². The molecule has 6 aliphatic rings. The van der Waals surface area contributed by atoms with Gasteiger partial charge in [0.05, 0.1) is 42.3 Å². The van der Waals surface area contributed by atoms with Crippen molar-refractivity contribution in [2.45, 2.75) is 81.3 Å². The smallest absolute Gasteiger partial charge is 0.415 e. The van der Waals surface area contributed by atoms with Gasteiger partial charge in [-0.25, -0.2) is 27.2 Å². The first kappa shape index (κ1) is 38.5. The molecule has 2 aromatic carbocycles. The number of carbonyl (C=O) groups excluding carboxylic acids is 2. The maximum Gasteiger partial charge on any atom is 0.415 e. The Kier molecular flexibility index (Phi) is 9.93. The quantitative estimate of drug-likeness (QED) is 0.221. The normalized spacial score (nSPS) is 27.3. The predicted octanol–water partition coefficient (Wildman–Crippen LogP) is 6.28. The van der Waals surface area contributed by atoms with E-state index < -0.39 is 47.2 Å². The number of alkyl halides is 2. The number of anilines is 1. The molecular weight excluding hydrogens is 762 g/mol. The highest BCUT2D eigenvalue weighted by Crippen LogP contribution is 2.43. The van der Waals surface area contributed by atoms with Crippen molar-refractivity contribution in [2.24, 2.45) is 0 Å². The summed E-state index contributed by atoms with van der Waals surface area (Å²) in [7, 11) is 1.55. The molecule has 0 radical (unpaired) electrons. The minimum Gasteiger partial charge on any atom is -0.461 e. The van der Waals surface area contributed by atoms with Crippen LogP contribution in [0.5, 0.6) is 11.8 Å². The number of amides is 2. The summed E-state index contributed by atoms with van der Waals surface area (Å²) in [6.45, 7) is 3.44. The van der Waals surface area contributed by atoms with Gasteiger partial charge in [-0.15, -0.1) is 0 Å². The zero-order valence-electron chi connectivity index (χ0n) is 32.4. The first-order valence-corrected chi connectivity index (χ1v) is 19.9. The van der Waals surface area contributed by atoms with E-state index in [1.54, 1.807) is 25.0 Å². The van der Waals surface area contributed by atoms with Crippen molar-refractivity contribution in [3.05, 3.63) is 47.7 Å². The number of piperidine rings is 1. The van der Waals surface area contributed by atoms with Crippen LogP contribution in [0.25, 0.3) is 32.9 Å². The first-order chi connectivity index (χ1) is 27.9. The number of hydrogen-bond donors (Lipinski definition) is 1. The standard InChI is InChI=1S/C41H45F4N7O6/c1-40-15-24(42)18-50(21-40)36-30-17-46-34(33(45)35(30)47-37(48-36)57-22-41-9-4-10-51(41)19-25(43)16-41)29-14-27(58-39(54)52-11-8-26(52)20-55-2)13-23-6-7-31(44)28(32(23)29)5-3-12-56-38(53)49-40/h6-7,13-14,17,24-26H,3-5,8-12,15-16,18-22H2,1-2H3,(H,49,53)/t24-,25-,26-,40-,41+/m1/s1. The molecule has 8 heterocycles. The summed E-state index contributed by atoms with van der Waals surface area (Å²) in [5.41, 5.74) is -1.76. The van der Waals surface area contributed by atoms with E-state index in [9.17, 15) is 14.0 Å². The minimum atomic E-state index is -1.42. The molecule has 1 N–H and O–H groups in total. The molecule has 5 atom stereocenters. The molecule has 6 aliphatic heterocycles. The Labute approximate surface area is 332 Å². The molecule has 4 fully saturated rings. The lowest BCUT2D eigenvalue weighted by molar-refractivity contribution is 0.0322. The van der Waals surface area contributed by atoms with Crippen LogP contribution in [0.4, 0.5) is 33.0 Å². The number of fused-ring (bicyclic) bond motifs is 7. The molecular formula is C41H45F4N7O6. The zero-order chi connectivity index (χ0) is 40.3. The van der Waals surface area contributed by atoms with Crippen molar-refractivity contribution in [1.82, 2.24) is 30.1 Å². The van der Waals surface area contributed by atoms with Crippen molar-refractivity contribution in [3.8, 4) is 23.0 Å². The number of rotatable bonds is 6. The van der Waals surface area contributed by atoms with E-state index in [1.165, 1.54) is 29.3 Å². The van der Waals surface area contributed by atoms with Crippen LogP contribution in [0.3, 0.4) is 0 Å². The average molecular weight is 808 g/mol. The van der Waals surface area contributed by atoms with Crippen molar-refractivity contribution in [2.75, 3.05) is 64.6 Å². The van der Waals surface area contributed by atoms with Crippen LogP contribution in [0.1, 0.15) is 51.0 Å². The highest BCUT2D eigenvalue weighted by atomic mass is 19.1. The molecule has 58 heavy (non-hydrogen) atoms. The molecule has 2 aromatic heterocycles. The predicted molar refractivity (Wildman–Crippen MR) is 205 cm³/mol. The van der Waals surface area contributed by atoms with Crippen molar-refractivity contribution in [1.29, 1.82) is 0 Å². The molecule has 4 saturated heterocycles. The molecule has 6 bridgehead atoms. The van der Waals surface area contributed by atoms with Gasteiger partial charge in [0, 0.05) is 51.3 Å². The summed E-state index contributed by atoms with van der Waals surface area (Å²) in [4.78, 5) is 45.5. The Morgan fingerprint density at radius 1 is 1.09 bits per heavy atom. The Morgan fingerprint density at radius 3 is 2.74 bits per heavy atom. The summed E-state index contributed by atoms with van der Waals surface area (Å²) < 4.78 is 86.6. The third-order valence-corrected chi connectivity index (χ3v) is 12.4. The molecule has 4 aromatic rings. The molecule has 10 rings (SSSR count). The molecule has 0 spiro atoms. The third-order valence-electron chi connectivity index (χ3n) is 12.4. The number of nitrogens with zero attached hydrogens (tertiary/aromatic N) is 6. The molecule has 13 nitrogen and oxygen atoms in total. The van der Waals surface area contributed by atoms with Gasteiger partial charge >= 0.3 is 18.2 Å². The SMILES string of the molecule is COC[C@H]1CCN1C(=O)Oc1cc2c3c(c(F)ccc3c1)CCCOC(=O)N[C@]1(C)C[C@@H](F)CN(C1)c1nc(OC[C@@]34CCCN3C[C@H](F)C4)nc3c(F)c-2ncc13. The van der Waals surface area contributed by atoms with Crippen LogP contribution in [-0.2, 0) is 15.9 Å². The average Bonchev–Trinajstić information content (AvgIpc) is 3.69. The van der Waals surface area contributed by atoms with Gasteiger partial charge in [0.2, 0.25) is 0 Å². The maximum atomic E-state index is 17.5. The highest BCUT2D eigenvalue weighted by Gasteiger charge is 2.49. The van der Waals surface area contributed by atoms with Crippen molar-refractivity contribution in [3.63, 3.8) is 0 Å². The second kappa shape index (κ2) is 15.0. The number of benzene rings is 2. The first-order valence-electron chi connectivity index (χ1n) is 19.9. The van der Waals surface area contributed by atoms with Gasteiger partial charge in [-0.3, -0.25) is 9.88 Å². The van der Waals surface area contributed by atoms with Crippen LogP contribution in [-0.4, -0.2) is 126 Å². The third kappa shape index (κ3) is 6.99. The number of nitrogens with one attached hydrogen (secondary N) is 1. The summed E-state index contributed by atoms with van der Waals surface area (Å²) in [6.07, 6.45) is 0.453. The van der Waals surface area contributed by atoms with Crippen LogP contribution < -0.4 is 19.7 Å². The molecule has 308 valence electrons. The molecule has 0 aliphatic carbocycles. The number of hydrogen-bond acceptors (Lipinski definition) is 11. The van der Waals surface area contributed by atoms with Crippen LogP contribution in [0, 0.1) is 11.6 Å². The van der Waals surface area contributed by atoms with Gasteiger partial charge < -0.3 is 34.1 Å². The lowest BCUT2D eigenvalue weighted by Crippen LogP contribution is -2.60. The van der Waals surface area contributed by atoms with E-state index >= 15 is 13.2 Å². The fourth-order valence-electron chi connectivity index (χ4n) is 9.64. The monoisotopic (exact) mass is 807 g/mol. The van der Waals surface area contributed by atoms with Gasteiger partial charge in [0.1, 0.15) is 47.5 Å². The number of pyridine rings is 1. The number of aromatic nitrogens is 3. The number of alkyl carbamates (subject to hydrolysis) is 1. The largest absolute Gasteiger partial charge is 0.461 e. The lowest BCUT2D eigenvalue weighted by atomic mass is 9.90. The van der Waals surface area contributed by atoms with E-state index in [0.717, 1.165) is 19.4 Å². The lowest BCUT2D eigenvalue weighted by Gasteiger charge is -2.42. The number of likely N-dealkylation sites (tertiary alicyclic amines) is 1. The fraction of sp³-hybridized carbons (Fsp3) is 0.537. The summed E-state index contributed by atoms with van der Waals surface area (Å²) in [6, 6.07) is 5.48. The minimum absolute atomic E-state index is 0.0231. The Hall–Kier alpha value is -5.03. The van der Waals surface area contributed by atoms with Crippen molar-refractivity contribution >= 4 is 39.7 Å². The molecule has 2 amide bonds. The fourth-order valence-corrected chi connectivity index (χ4v) is 9.64. The van der Waals surface area contributed by atoms with Crippen molar-refractivity contribution < 1.29 is 46.1 Å². The second-order valence-corrected chi connectivity index (χ2v) is 16.5. The number of carbonyl (C=O) groups is 2. The van der Waals surface area contributed by atoms with Gasteiger partial charge in [0.25, 0.3) is 0 Å². The second-order valence-electron chi connectivity index (χ2n) is 16.5. The summed E-state index contributed by atoms with van der Waals surface area (Å²) in [5, 5.41) is 3.72. The zero-order valence-corrected chi connectivity index (χ0v) is 32.4. The van der Waals surface area contributed by atoms with E-state index in [-0.39, 0.29) is 103 Å².